The Morgan fingerprint density at radius 2 is 2.16 bits per heavy atom. The number of benzene rings is 1. The molecule has 7 nitrogen and oxygen atoms in total. The molecule has 0 aliphatic carbocycles. The maximum absolute atomic E-state index is 12.6. The molecular formula is C17H11ClN4O3. The van der Waals surface area contributed by atoms with Crippen LogP contribution in [0.25, 0.3) is 22.2 Å². The molecule has 1 amide bonds. The minimum atomic E-state index is -0.405. The summed E-state index contributed by atoms with van der Waals surface area (Å²) < 4.78 is 5.36. The number of halogens is 1. The maximum Gasteiger partial charge on any atom is 0.261 e. The Labute approximate surface area is 146 Å². The van der Waals surface area contributed by atoms with Crippen LogP contribution >= 0.6 is 11.6 Å². The summed E-state index contributed by atoms with van der Waals surface area (Å²) in [4.78, 5) is 16.7. The summed E-state index contributed by atoms with van der Waals surface area (Å²) >= 11 is 5.98. The second kappa shape index (κ2) is 5.95. The molecule has 1 aromatic carbocycles. The van der Waals surface area contributed by atoms with Gasteiger partial charge in [0.05, 0.1) is 12.0 Å². The average Bonchev–Trinajstić information content (AvgIpc) is 3.25. The minimum Gasteiger partial charge on any atom is -0.507 e. The Hall–Kier alpha value is -3.32. The number of aromatic hydroxyl groups is 1. The number of hydrogen-bond donors (Lipinski definition) is 3. The molecule has 3 aromatic heterocycles. The molecule has 0 aliphatic heterocycles. The number of carbonyl (C=O) groups excluding carboxylic acids is 1. The lowest BCUT2D eigenvalue weighted by atomic mass is 10.1. The number of rotatable bonds is 3. The number of nitrogens with one attached hydrogen (secondary N) is 2. The average molecular weight is 355 g/mol. The van der Waals surface area contributed by atoms with Crippen molar-refractivity contribution in [2.24, 2.45) is 0 Å². The van der Waals surface area contributed by atoms with E-state index in [2.05, 4.69) is 20.5 Å². The Morgan fingerprint density at radius 1 is 1.28 bits per heavy atom. The van der Waals surface area contributed by atoms with Gasteiger partial charge in [0.1, 0.15) is 22.6 Å². The van der Waals surface area contributed by atoms with Crippen LogP contribution in [0.5, 0.6) is 5.75 Å². The number of carbonyl (C=O) groups is 1. The van der Waals surface area contributed by atoms with Crippen LogP contribution in [0, 0.1) is 0 Å². The van der Waals surface area contributed by atoms with Gasteiger partial charge < -0.3 is 14.8 Å². The van der Waals surface area contributed by atoms with Crippen LogP contribution in [-0.4, -0.2) is 26.2 Å². The fourth-order valence-electron chi connectivity index (χ4n) is 2.53. The van der Waals surface area contributed by atoms with Gasteiger partial charge in [-0.25, -0.2) is 0 Å². The third-order valence-electron chi connectivity index (χ3n) is 3.70. The summed E-state index contributed by atoms with van der Waals surface area (Å²) in [6.45, 7) is 0. The SMILES string of the molecule is O=C(Nc1c[nH]nc1-c1cc(Cl)ccc1O)c1cncc2ccoc12. The van der Waals surface area contributed by atoms with Gasteiger partial charge in [0, 0.05) is 34.6 Å². The number of fused-ring (bicyclic) bond motifs is 1. The van der Waals surface area contributed by atoms with Gasteiger partial charge in [0.15, 0.2) is 0 Å². The van der Waals surface area contributed by atoms with Crippen molar-refractivity contribution < 1.29 is 14.3 Å². The molecule has 0 bridgehead atoms. The zero-order chi connectivity index (χ0) is 17.4. The van der Waals surface area contributed by atoms with Crippen LogP contribution in [-0.2, 0) is 0 Å². The predicted molar refractivity (Wildman–Crippen MR) is 92.7 cm³/mol. The standard InChI is InChI=1S/C17H11ClN4O3/c18-10-1-2-14(23)11(5-10)15-13(8-20-22-15)21-17(24)12-7-19-6-9-3-4-25-16(9)12/h1-8,23H,(H,20,22)(H,21,24). The molecule has 0 saturated heterocycles. The molecule has 4 rings (SSSR count). The third kappa shape index (κ3) is 2.70. The van der Waals surface area contributed by atoms with Crippen molar-refractivity contribution in [3.8, 4) is 17.0 Å². The number of phenols is 1. The Kier molecular flexibility index (Phi) is 3.62. The van der Waals surface area contributed by atoms with E-state index in [-0.39, 0.29) is 5.75 Å². The highest BCUT2D eigenvalue weighted by Crippen LogP contribution is 2.34. The Bertz CT molecular complexity index is 1090. The largest absolute Gasteiger partial charge is 0.507 e. The number of pyridine rings is 1. The molecule has 25 heavy (non-hydrogen) atoms. The van der Waals surface area contributed by atoms with Gasteiger partial charge in [-0.3, -0.25) is 14.9 Å². The Morgan fingerprint density at radius 3 is 3.04 bits per heavy atom. The number of hydrogen-bond acceptors (Lipinski definition) is 5. The number of H-pyrrole nitrogens is 1. The van der Waals surface area contributed by atoms with E-state index < -0.39 is 5.91 Å². The first-order valence-corrected chi connectivity index (χ1v) is 7.66. The first kappa shape index (κ1) is 15.2. The van der Waals surface area contributed by atoms with Crippen molar-refractivity contribution in [1.82, 2.24) is 15.2 Å². The van der Waals surface area contributed by atoms with Gasteiger partial charge in [-0.1, -0.05) is 11.6 Å². The summed E-state index contributed by atoms with van der Waals surface area (Å²) in [5.41, 5.74) is 1.91. The van der Waals surface area contributed by atoms with Crippen LogP contribution in [0.4, 0.5) is 5.69 Å². The molecule has 0 fully saturated rings. The third-order valence-corrected chi connectivity index (χ3v) is 3.94. The number of aromatic amines is 1. The van der Waals surface area contributed by atoms with E-state index in [1.165, 1.54) is 24.7 Å². The molecule has 0 unspecified atom stereocenters. The van der Waals surface area contributed by atoms with E-state index in [0.29, 0.717) is 33.1 Å². The fourth-order valence-corrected chi connectivity index (χ4v) is 2.70. The monoisotopic (exact) mass is 354 g/mol. The number of aromatic nitrogens is 3. The molecule has 0 aliphatic rings. The summed E-state index contributed by atoms with van der Waals surface area (Å²) in [6.07, 6.45) is 6.06. The number of anilines is 1. The zero-order valence-electron chi connectivity index (χ0n) is 12.7. The van der Waals surface area contributed by atoms with Crippen molar-refractivity contribution in [3.05, 3.63) is 59.7 Å². The van der Waals surface area contributed by atoms with E-state index in [1.54, 1.807) is 24.4 Å². The molecule has 0 spiro atoms. The molecule has 0 atom stereocenters. The summed E-state index contributed by atoms with van der Waals surface area (Å²) in [6, 6.07) is 6.32. The highest BCUT2D eigenvalue weighted by Gasteiger charge is 2.18. The molecular weight excluding hydrogens is 344 g/mol. The predicted octanol–water partition coefficient (Wildman–Crippen LogP) is 3.83. The number of furan rings is 1. The van der Waals surface area contributed by atoms with Crippen LogP contribution in [0.1, 0.15) is 10.4 Å². The fraction of sp³-hybridized carbons (Fsp3) is 0. The lowest BCUT2D eigenvalue weighted by molar-refractivity contribution is 0.102. The van der Waals surface area contributed by atoms with Crippen molar-refractivity contribution in [1.29, 1.82) is 0 Å². The van der Waals surface area contributed by atoms with Crippen LogP contribution < -0.4 is 5.32 Å². The summed E-state index contributed by atoms with van der Waals surface area (Å²) in [5.74, 6) is -0.404. The Balaban J connectivity index is 1.71. The van der Waals surface area contributed by atoms with Crippen LogP contribution in [0.3, 0.4) is 0 Å². The highest BCUT2D eigenvalue weighted by molar-refractivity contribution is 6.31. The van der Waals surface area contributed by atoms with Gasteiger partial charge in [-0.05, 0) is 24.3 Å². The molecule has 0 radical (unpaired) electrons. The van der Waals surface area contributed by atoms with Gasteiger partial charge >= 0.3 is 0 Å². The van der Waals surface area contributed by atoms with Gasteiger partial charge in [-0.2, -0.15) is 5.10 Å². The minimum absolute atomic E-state index is 0.00167. The van der Waals surface area contributed by atoms with Gasteiger partial charge in [0.25, 0.3) is 5.91 Å². The zero-order valence-corrected chi connectivity index (χ0v) is 13.4. The van der Waals surface area contributed by atoms with Crippen molar-refractivity contribution >= 4 is 34.2 Å². The number of phenolic OH excluding ortho intramolecular Hbond substituents is 1. The van der Waals surface area contributed by atoms with Gasteiger partial charge in [-0.15, -0.1) is 0 Å². The van der Waals surface area contributed by atoms with Crippen molar-refractivity contribution in [2.45, 2.75) is 0 Å². The van der Waals surface area contributed by atoms with Gasteiger partial charge in [0.2, 0.25) is 0 Å². The highest BCUT2D eigenvalue weighted by atomic mass is 35.5. The summed E-state index contributed by atoms with van der Waals surface area (Å²) in [7, 11) is 0. The lowest BCUT2D eigenvalue weighted by Gasteiger charge is -2.07. The normalized spacial score (nSPS) is 10.9. The molecule has 8 heteroatoms. The quantitative estimate of drug-likeness (QED) is 0.518. The molecule has 0 saturated carbocycles. The van der Waals surface area contributed by atoms with E-state index in [9.17, 15) is 9.90 Å². The molecule has 4 aromatic rings. The second-order valence-corrected chi connectivity index (χ2v) is 5.73. The first-order valence-electron chi connectivity index (χ1n) is 7.28. The maximum atomic E-state index is 12.6. The van der Waals surface area contributed by atoms with Crippen molar-refractivity contribution in [3.63, 3.8) is 0 Å². The number of amides is 1. The lowest BCUT2D eigenvalue weighted by Crippen LogP contribution is -2.12. The van der Waals surface area contributed by atoms with Crippen LogP contribution in [0.2, 0.25) is 5.02 Å². The smallest absolute Gasteiger partial charge is 0.261 e. The molecule has 124 valence electrons. The first-order chi connectivity index (χ1) is 12.1. The van der Waals surface area contributed by atoms with E-state index in [1.807, 2.05) is 0 Å². The number of nitrogens with zero attached hydrogens (tertiary/aromatic N) is 2. The van der Waals surface area contributed by atoms with E-state index in [4.69, 9.17) is 16.0 Å². The van der Waals surface area contributed by atoms with Crippen molar-refractivity contribution in [2.75, 3.05) is 5.32 Å². The van der Waals surface area contributed by atoms with E-state index in [0.717, 1.165) is 5.39 Å². The second-order valence-electron chi connectivity index (χ2n) is 5.29. The molecule has 3 heterocycles. The topological polar surface area (TPSA) is 104 Å². The van der Waals surface area contributed by atoms with Crippen LogP contribution in [0.15, 0.2) is 53.5 Å². The summed E-state index contributed by atoms with van der Waals surface area (Å²) in [5, 5.41) is 20.7. The van der Waals surface area contributed by atoms with E-state index >= 15 is 0 Å². The molecule has 3 N–H and O–H groups in total.